The number of furan rings is 1. The highest BCUT2D eigenvalue weighted by Crippen LogP contribution is 2.34. The maximum atomic E-state index is 12.7. The van der Waals surface area contributed by atoms with Crippen molar-refractivity contribution in [2.45, 2.75) is 13.8 Å². The molecule has 0 aliphatic carbocycles. The summed E-state index contributed by atoms with van der Waals surface area (Å²) in [6.07, 6.45) is 1.31. The summed E-state index contributed by atoms with van der Waals surface area (Å²) in [5.74, 6) is -0.478. The van der Waals surface area contributed by atoms with Crippen molar-refractivity contribution in [2.75, 3.05) is 12.4 Å². The summed E-state index contributed by atoms with van der Waals surface area (Å²) in [4.78, 5) is 25.6. The second-order valence-electron chi connectivity index (χ2n) is 6.43. The molecule has 0 unspecified atom stereocenters. The lowest BCUT2D eigenvalue weighted by molar-refractivity contribution is -0.112. The molecule has 1 amide bonds. The predicted molar refractivity (Wildman–Crippen MR) is 122 cm³/mol. The van der Waals surface area contributed by atoms with Crippen LogP contribution in [0.5, 0.6) is 0 Å². The molecule has 9 heteroatoms. The van der Waals surface area contributed by atoms with Crippen molar-refractivity contribution >= 4 is 57.5 Å². The molecule has 1 N–H and O–H groups in total. The summed E-state index contributed by atoms with van der Waals surface area (Å²) in [6, 6.07) is 10.1. The van der Waals surface area contributed by atoms with Crippen LogP contribution in [0.25, 0.3) is 17.4 Å². The van der Waals surface area contributed by atoms with Crippen LogP contribution in [-0.4, -0.2) is 19.0 Å². The summed E-state index contributed by atoms with van der Waals surface area (Å²) in [6.45, 7) is 3.59. The Bertz CT molecular complexity index is 1250. The van der Waals surface area contributed by atoms with Gasteiger partial charge in [0.05, 0.1) is 17.7 Å². The van der Waals surface area contributed by atoms with E-state index in [9.17, 15) is 14.9 Å². The van der Waals surface area contributed by atoms with E-state index in [2.05, 4.69) is 5.32 Å². The number of nitrogens with one attached hydrogen (secondary N) is 1. The normalized spacial score (nSPS) is 11.2. The van der Waals surface area contributed by atoms with E-state index in [1.54, 1.807) is 37.3 Å². The lowest BCUT2D eigenvalue weighted by atomic mass is 10.1. The maximum Gasteiger partial charge on any atom is 0.341 e. The zero-order valence-electron chi connectivity index (χ0n) is 16.7. The van der Waals surface area contributed by atoms with E-state index in [4.69, 9.17) is 32.4 Å². The maximum absolute atomic E-state index is 12.7. The average molecular weight is 475 g/mol. The van der Waals surface area contributed by atoms with Crippen LogP contribution >= 0.6 is 34.5 Å². The number of carbonyl (C=O) groups is 2. The zero-order valence-corrected chi connectivity index (χ0v) is 19.0. The van der Waals surface area contributed by atoms with Gasteiger partial charge in [-0.15, -0.1) is 11.3 Å². The summed E-state index contributed by atoms with van der Waals surface area (Å²) in [7, 11) is 1.27. The minimum absolute atomic E-state index is 0.192. The lowest BCUT2D eigenvalue weighted by Gasteiger charge is -2.05. The highest BCUT2D eigenvalue weighted by Gasteiger charge is 2.23. The second-order valence-corrected chi connectivity index (χ2v) is 8.50. The highest BCUT2D eigenvalue weighted by atomic mass is 35.5. The molecule has 0 aliphatic rings. The van der Waals surface area contributed by atoms with Gasteiger partial charge in [0.1, 0.15) is 28.2 Å². The SMILES string of the molecule is COC(=O)c1c(NC(=O)C(C#N)=Cc2ccc(-c3ccc(Cl)cc3Cl)o2)sc(C)c1C. The molecule has 1 aromatic carbocycles. The van der Waals surface area contributed by atoms with Gasteiger partial charge in [-0.05, 0) is 49.7 Å². The molecule has 6 nitrogen and oxygen atoms in total. The Morgan fingerprint density at radius 2 is 1.97 bits per heavy atom. The molecule has 158 valence electrons. The molecule has 2 aromatic heterocycles. The first-order chi connectivity index (χ1) is 14.7. The fourth-order valence-corrected chi connectivity index (χ4v) is 4.33. The van der Waals surface area contributed by atoms with E-state index in [0.717, 1.165) is 4.88 Å². The van der Waals surface area contributed by atoms with Crippen LogP contribution in [0.2, 0.25) is 10.0 Å². The highest BCUT2D eigenvalue weighted by molar-refractivity contribution is 7.16. The molecule has 0 spiro atoms. The molecule has 3 aromatic rings. The first-order valence-corrected chi connectivity index (χ1v) is 10.5. The zero-order chi connectivity index (χ0) is 22.7. The topological polar surface area (TPSA) is 92.3 Å². The summed E-state index contributed by atoms with van der Waals surface area (Å²) >= 11 is 13.4. The third-order valence-electron chi connectivity index (χ3n) is 4.48. The minimum Gasteiger partial charge on any atom is -0.465 e. The molecule has 0 saturated carbocycles. The number of esters is 1. The van der Waals surface area contributed by atoms with E-state index < -0.39 is 11.9 Å². The number of benzene rings is 1. The van der Waals surface area contributed by atoms with Crippen LogP contribution in [0, 0.1) is 25.2 Å². The Balaban J connectivity index is 1.87. The largest absolute Gasteiger partial charge is 0.465 e. The molecule has 0 fully saturated rings. The van der Waals surface area contributed by atoms with Crippen LogP contribution in [0.3, 0.4) is 0 Å². The van der Waals surface area contributed by atoms with Crippen molar-refractivity contribution in [2.24, 2.45) is 0 Å². The first-order valence-electron chi connectivity index (χ1n) is 8.91. The monoisotopic (exact) mass is 474 g/mol. The molecule has 0 aliphatic heterocycles. The Labute approximate surface area is 192 Å². The van der Waals surface area contributed by atoms with Crippen molar-refractivity contribution in [1.29, 1.82) is 5.26 Å². The average Bonchev–Trinajstić information content (AvgIpc) is 3.30. The number of methoxy groups -OCH3 is 1. The summed E-state index contributed by atoms with van der Waals surface area (Å²) in [5.41, 5.74) is 1.42. The molecule has 0 bridgehead atoms. The number of amides is 1. The van der Waals surface area contributed by atoms with Crippen LogP contribution in [0.1, 0.15) is 26.6 Å². The van der Waals surface area contributed by atoms with Crippen molar-refractivity contribution in [3.8, 4) is 17.4 Å². The lowest BCUT2D eigenvalue weighted by Crippen LogP contribution is -2.15. The molecule has 0 saturated heterocycles. The van der Waals surface area contributed by atoms with E-state index in [0.29, 0.717) is 37.7 Å². The van der Waals surface area contributed by atoms with Crippen molar-refractivity contribution in [3.05, 3.63) is 67.7 Å². The van der Waals surface area contributed by atoms with Gasteiger partial charge in [0.2, 0.25) is 0 Å². The molecule has 2 heterocycles. The van der Waals surface area contributed by atoms with Gasteiger partial charge in [-0.1, -0.05) is 23.2 Å². The molecule has 0 radical (unpaired) electrons. The number of ether oxygens (including phenoxy) is 1. The Morgan fingerprint density at radius 3 is 2.61 bits per heavy atom. The van der Waals surface area contributed by atoms with E-state index in [1.165, 1.54) is 24.5 Å². The van der Waals surface area contributed by atoms with Gasteiger partial charge in [-0.2, -0.15) is 5.26 Å². The second kappa shape index (κ2) is 9.40. The summed E-state index contributed by atoms with van der Waals surface area (Å²) < 4.78 is 10.5. The Morgan fingerprint density at radius 1 is 1.23 bits per heavy atom. The Kier molecular flexibility index (Phi) is 6.86. The summed E-state index contributed by atoms with van der Waals surface area (Å²) in [5, 5.41) is 13.3. The van der Waals surface area contributed by atoms with Crippen LogP contribution in [-0.2, 0) is 9.53 Å². The smallest absolute Gasteiger partial charge is 0.341 e. The number of aryl methyl sites for hydroxylation is 1. The quantitative estimate of drug-likeness (QED) is 0.267. The number of rotatable bonds is 5. The van der Waals surface area contributed by atoms with Gasteiger partial charge >= 0.3 is 5.97 Å². The number of nitriles is 1. The van der Waals surface area contributed by atoms with Crippen LogP contribution in [0.15, 0.2) is 40.3 Å². The fraction of sp³-hybridized carbons (Fsp3) is 0.136. The number of anilines is 1. The minimum atomic E-state index is -0.670. The Hall–Kier alpha value is -3.05. The predicted octanol–water partition coefficient (Wildman–Crippen LogP) is 6.26. The van der Waals surface area contributed by atoms with Gasteiger partial charge in [0.15, 0.2) is 0 Å². The van der Waals surface area contributed by atoms with Gasteiger partial charge in [0, 0.05) is 21.5 Å². The van der Waals surface area contributed by atoms with Crippen LogP contribution in [0.4, 0.5) is 5.00 Å². The third-order valence-corrected chi connectivity index (χ3v) is 6.15. The van der Waals surface area contributed by atoms with E-state index in [-0.39, 0.29) is 11.1 Å². The standard InChI is InChI=1S/C22H16Cl2N2O4S/c1-11-12(2)31-21(19(11)22(28)29-3)26-20(27)13(10-25)8-15-5-7-18(30-15)16-6-4-14(23)9-17(16)24/h4-9H,1-3H3,(H,26,27). The van der Waals surface area contributed by atoms with Crippen LogP contribution < -0.4 is 5.32 Å². The van der Waals surface area contributed by atoms with E-state index in [1.807, 2.05) is 13.0 Å². The van der Waals surface area contributed by atoms with Gasteiger partial charge < -0.3 is 14.5 Å². The van der Waals surface area contributed by atoms with Crippen molar-refractivity contribution < 1.29 is 18.7 Å². The molecule has 3 rings (SSSR count). The molecule has 31 heavy (non-hydrogen) atoms. The molecular weight excluding hydrogens is 459 g/mol. The number of nitrogens with zero attached hydrogens (tertiary/aromatic N) is 1. The van der Waals surface area contributed by atoms with Gasteiger partial charge in [-0.3, -0.25) is 4.79 Å². The number of halogens is 2. The van der Waals surface area contributed by atoms with Crippen molar-refractivity contribution in [3.63, 3.8) is 0 Å². The molecule has 0 atom stereocenters. The fourth-order valence-electron chi connectivity index (χ4n) is 2.79. The number of hydrogen-bond acceptors (Lipinski definition) is 6. The molecular formula is C22H16Cl2N2O4S. The third kappa shape index (κ3) is 4.83. The number of thiophene rings is 1. The first kappa shape index (κ1) is 22.6. The number of hydrogen-bond donors (Lipinski definition) is 1. The van der Waals surface area contributed by atoms with Gasteiger partial charge in [-0.25, -0.2) is 4.79 Å². The van der Waals surface area contributed by atoms with Crippen molar-refractivity contribution in [1.82, 2.24) is 0 Å². The van der Waals surface area contributed by atoms with E-state index >= 15 is 0 Å². The number of carbonyl (C=O) groups excluding carboxylic acids is 2. The van der Waals surface area contributed by atoms with Gasteiger partial charge in [0.25, 0.3) is 5.91 Å².